The van der Waals surface area contributed by atoms with Crippen LogP contribution >= 0.6 is 0 Å². The first kappa shape index (κ1) is 16.8. The summed E-state index contributed by atoms with van der Waals surface area (Å²) in [4.78, 5) is 41.2. The number of hydrogen-bond acceptors (Lipinski definition) is 3. The predicted molar refractivity (Wildman–Crippen MR) is 92.9 cm³/mol. The summed E-state index contributed by atoms with van der Waals surface area (Å²) >= 11 is 0. The molecule has 1 atom stereocenters. The lowest BCUT2D eigenvalue weighted by atomic mass is 10.0. The number of benzene rings is 1. The molecule has 0 saturated heterocycles. The molecular weight excluding hydrogens is 320 g/mol. The number of nitrogens with zero attached hydrogens (tertiary/aromatic N) is 1. The molecule has 1 unspecified atom stereocenters. The molecule has 1 aliphatic rings. The van der Waals surface area contributed by atoms with E-state index in [9.17, 15) is 14.4 Å². The van der Waals surface area contributed by atoms with Crippen LogP contribution in [0.15, 0.2) is 36.4 Å². The molecule has 0 fully saturated rings. The first-order valence-electron chi connectivity index (χ1n) is 8.07. The van der Waals surface area contributed by atoms with E-state index >= 15 is 0 Å². The maximum absolute atomic E-state index is 13.0. The van der Waals surface area contributed by atoms with Gasteiger partial charge in [0.25, 0.3) is 11.8 Å². The van der Waals surface area contributed by atoms with Crippen LogP contribution in [0.25, 0.3) is 0 Å². The molecule has 0 spiro atoms. The average molecular weight is 340 g/mol. The maximum Gasteiger partial charge on any atom is 0.271 e. The summed E-state index contributed by atoms with van der Waals surface area (Å²) in [7, 11) is 0. The molecule has 25 heavy (non-hydrogen) atoms. The molecule has 0 saturated carbocycles. The summed E-state index contributed by atoms with van der Waals surface area (Å²) in [5.74, 6) is -1.30. The topological polar surface area (TPSA) is 108 Å². The lowest BCUT2D eigenvalue weighted by molar-refractivity contribution is -0.121. The number of rotatable bonds is 3. The number of carbonyl (C=O) groups is 3. The number of nitrogens with one attached hydrogen (secondary N) is 2. The molecule has 0 radical (unpaired) electrons. The summed E-state index contributed by atoms with van der Waals surface area (Å²) in [5, 5.41) is 2.90. The minimum atomic E-state index is -0.640. The van der Waals surface area contributed by atoms with Crippen molar-refractivity contribution in [3.63, 3.8) is 0 Å². The monoisotopic (exact) mass is 340 g/mol. The molecular formula is C18H20N4O3. The van der Waals surface area contributed by atoms with E-state index in [0.29, 0.717) is 12.2 Å². The normalized spacial score (nSPS) is 17.0. The Balaban J connectivity index is 2.01. The second-order valence-electron chi connectivity index (χ2n) is 6.42. The Morgan fingerprint density at radius 2 is 1.84 bits per heavy atom. The van der Waals surface area contributed by atoms with Crippen LogP contribution in [-0.4, -0.2) is 33.6 Å². The number of H-pyrrole nitrogens is 1. The van der Waals surface area contributed by atoms with E-state index in [2.05, 4.69) is 10.3 Å². The average Bonchev–Trinajstić information content (AvgIpc) is 2.99. The van der Waals surface area contributed by atoms with Gasteiger partial charge in [0.2, 0.25) is 5.91 Å². The van der Waals surface area contributed by atoms with Crippen molar-refractivity contribution in [1.29, 1.82) is 0 Å². The number of anilines is 1. The lowest BCUT2D eigenvalue weighted by Crippen LogP contribution is -2.48. The highest BCUT2D eigenvalue weighted by atomic mass is 16.2. The minimum absolute atomic E-state index is 0.0798. The van der Waals surface area contributed by atoms with Gasteiger partial charge in [-0.1, -0.05) is 32.0 Å². The summed E-state index contributed by atoms with van der Waals surface area (Å²) in [6.45, 7) is 4.08. The van der Waals surface area contributed by atoms with E-state index in [4.69, 9.17) is 5.73 Å². The van der Waals surface area contributed by atoms with Gasteiger partial charge in [0.15, 0.2) is 0 Å². The maximum atomic E-state index is 13.0. The molecule has 2 heterocycles. The van der Waals surface area contributed by atoms with Crippen LogP contribution in [0.3, 0.4) is 0 Å². The number of fused-ring (bicyclic) bond motifs is 1. The van der Waals surface area contributed by atoms with Gasteiger partial charge in [-0.15, -0.1) is 0 Å². The third kappa shape index (κ3) is 3.13. The number of carbonyl (C=O) groups excluding carboxylic acids is 3. The Bertz CT molecular complexity index is 840. The fourth-order valence-electron chi connectivity index (χ4n) is 3.09. The second-order valence-corrected chi connectivity index (χ2v) is 6.42. The van der Waals surface area contributed by atoms with Gasteiger partial charge in [-0.3, -0.25) is 14.4 Å². The van der Waals surface area contributed by atoms with Crippen molar-refractivity contribution < 1.29 is 14.4 Å². The van der Waals surface area contributed by atoms with Crippen molar-refractivity contribution in [3.8, 4) is 0 Å². The van der Waals surface area contributed by atoms with Crippen LogP contribution in [0.4, 0.5) is 5.69 Å². The van der Waals surface area contributed by atoms with Crippen molar-refractivity contribution in [1.82, 2.24) is 9.88 Å². The lowest BCUT2D eigenvalue weighted by Gasteiger charge is -2.31. The Hall–Kier alpha value is -3.09. The Morgan fingerprint density at radius 3 is 2.48 bits per heavy atom. The zero-order chi connectivity index (χ0) is 18.1. The van der Waals surface area contributed by atoms with Crippen LogP contribution in [-0.2, 0) is 11.3 Å². The molecule has 4 N–H and O–H groups in total. The van der Waals surface area contributed by atoms with E-state index in [1.165, 1.54) is 17.0 Å². The van der Waals surface area contributed by atoms with Crippen LogP contribution < -0.4 is 11.1 Å². The third-order valence-electron chi connectivity index (χ3n) is 4.29. The first-order chi connectivity index (χ1) is 11.9. The Labute approximate surface area is 145 Å². The number of para-hydroxylation sites is 1. The number of primary amides is 1. The number of aromatic amines is 1. The number of amides is 3. The van der Waals surface area contributed by atoms with E-state index in [0.717, 1.165) is 5.56 Å². The number of aromatic nitrogens is 1. The van der Waals surface area contributed by atoms with Gasteiger partial charge in [-0.25, -0.2) is 0 Å². The molecule has 3 rings (SSSR count). The molecule has 0 aliphatic carbocycles. The molecule has 2 aromatic rings. The second kappa shape index (κ2) is 6.43. The van der Waals surface area contributed by atoms with Crippen LogP contribution in [0.2, 0.25) is 0 Å². The van der Waals surface area contributed by atoms with E-state index < -0.39 is 11.9 Å². The molecule has 0 bridgehead atoms. The van der Waals surface area contributed by atoms with Gasteiger partial charge < -0.3 is 20.9 Å². The SMILES string of the molecule is CC(C)C1C(=O)Nc2ccccc2CN1C(=O)c1ccc(C(N)=O)[nH]1. The number of hydrogen-bond donors (Lipinski definition) is 3. The summed E-state index contributed by atoms with van der Waals surface area (Å²) < 4.78 is 0. The first-order valence-corrected chi connectivity index (χ1v) is 8.07. The highest BCUT2D eigenvalue weighted by Gasteiger charge is 2.36. The summed E-state index contributed by atoms with van der Waals surface area (Å²) in [6.07, 6.45) is 0. The predicted octanol–water partition coefficient (Wildman–Crippen LogP) is 1.73. The van der Waals surface area contributed by atoms with Gasteiger partial charge in [0.1, 0.15) is 17.4 Å². The third-order valence-corrected chi connectivity index (χ3v) is 4.29. The molecule has 3 amide bonds. The fourth-order valence-corrected chi connectivity index (χ4v) is 3.09. The quantitative estimate of drug-likeness (QED) is 0.792. The largest absolute Gasteiger partial charge is 0.364 e. The fraction of sp³-hybridized carbons (Fsp3) is 0.278. The van der Waals surface area contributed by atoms with Crippen molar-refractivity contribution in [3.05, 3.63) is 53.3 Å². The van der Waals surface area contributed by atoms with E-state index in [1.54, 1.807) is 0 Å². The smallest absolute Gasteiger partial charge is 0.271 e. The van der Waals surface area contributed by atoms with Crippen LogP contribution in [0, 0.1) is 5.92 Å². The molecule has 1 aromatic carbocycles. The minimum Gasteiger partial charge on any atom is -0.364 e. The Kier molecular flexibility index (Phi) is 4.31. The zero-order valence-electron chi connectivity index (χ0n) is 14.1. The van der Waals surface area contributed by atoms with E-state index in [-0.39, 0.29) is 29.1 Å². The summed E-state index contributed by atoms with van der Waals surface area (Å²) in [6, 6.07) is 9.75. The van der Waals surface area contributed by atoms with Crippen LogP contribution in [0.1, 0.15) is 40.4 Å². The molecule has 7 heteroatoms. The molecule has 1 aliphatic heterocycles. The summed E-state index contributed by atoms with van der Waals surface area (Å²) in [5.41, 5.74) is 7.18. The van der Waals surface area contributed by atoms with Gasteiger partial charge in [-0.2, -0.15) is 0 Å². The highest BCUT2D eigenvalue weighted by molar-refractivity contribution is 6.02. The van der Waals surface area contributed by atoms with Crippen molar-refractivity contribution >= 4 is 23.4 Å². The Morgan fingerprint density at radius 1 is 1.16 bits per heavy atom. The zero-order valence-corrected chi connectivity index (χ0v) is 14.1. The molecule has 7 nitrogen and oxygen atoms in total. The molecule has 1 aromatic heterocycles. The van der Waals surface area contributed by atoms with Crippen molar-refractivity contribution in [2.75, 3.05) is 5.32 Å². The van der Waals surface area contributed by atoms with Crippen molar-refractivity contribution in [2.24, 2.45) is 11.7 Å². The van der Waals surface area contributed by atoms with Gasteiger partial charge >= 0.3 is 0 Å². The highest BCUT2D eigenvalue weighted by Crippen LogP contribution is 2.27. The van der Waals surface area contributed by atoms with Crippen LogP contribution in [0.5, 0.6) is 0 Å². The van der Waals surface area contributed by atoms with Crippen molar-refractivity contribution in [2.45, 2.75) is 26.4 Å². The molecule has 130 valence electrons. The van der Waals surface area contributed by atoms with Gasteiger partial charge in [0, 0.05) is 12.2 Å². The van der Waals surface area contributed by atoms with E-state index in [1.807, 2.05) is 38.1 Å². The standard InChI is InChI=1S/C18H20N4O3/c1-10(2)15-17(24)21-12-6-4-3-5-11(12)9-22(15)18(25)14-8-7-13(20-14)16(19)23/h3-8,10,15,20H,9H2,1-2H3,(H2,19,23)(H,21,24). The van der Waals surface area contributed by atoms with Gasteiger partial charge in [-0.05, 0) is 29.7 Å². The number of nitrogens with two attached hydrogens (primary N) is 1. The van der Waals surface area contributed by atoms with Gasteiger partial charge in [0.05, 0.1) is 0 Å².